The van der Waals surface area contributed by atoms with Gasteiger partial charge in [0.2, 0.25) is 0 Å². The number of fused-ring (bicyclic) bond motifs is 5. The van der Waals surface area contributed by atoms with Crippen molar-refractivity contribution >= 4 is 0 Å². The molecule has 2 saturated carbocycles. The summed E-state index contributed by atoms with van der Waals surface area (Å²) in [6.07, 6.45) is 14.3. The topological polar surface area (TPSA) is 40.5 Å². The van der Waals surface area contributed by atoms with Crippen LogP contribution >= 0.6 is 0 Å². The lowest BCUT2D eigenvalue weighted by Gasteiger charge is -2.61. The minimum atomic E-state index is -0.262. The largest absolute Gasteiger partial charge is 0.393 e. The third-order valence-electron chi connectivity index (χ3n) is 11.3. The lowest BCUT2D eigenvalue weighted by atomic mass is 9.44. The smallest absolute Gasteiger partial charge is 0.0603 e. The molecule has 8 atom stereocenters. The van der Waals surface area contributed by atoms with Crippen LogP contribution < -0.4 is 0 Å². The van der Waals surface area contributed by atoms with E-state index in [0.29, 0.717) is 17.8 Å². The van der Waals surface area contributed by atoms with E-state index in [4.69, 9.17) is 0 Å². The molecule has 0 aromatic rings. The van der Waals surface area contributed by atoms with Gasteiger partial charge in [-0.3, -0.25) is 0 Å². The van der Waals surface area contributed by atoms with E-state index in [-0.39, 0.29) is 33.9 Å². The quantitative estimate of drug-likeness (QED) is 0.453. The zero-order valence-electron chi connectivity index (χ0n) is 22.0. The number of hydrogen-bond acceptors (Lipinski definition) is 2. The van der Waals surface area contributed by atoms with Crippen molar-refractivity contribution in [3.63, 3.8) is 0 Å². The molecule has 0 saturated heterocycles. The standard InChI is InChI=1S/C30H48O2/c1-19(2)9-11-24(31)20(3)21-13-17-30(8)23-10-12-25-27(4,5)26(32)15-16-28(25,6)22(23)14-18-29(21,30)7/h9-10,14,20-21,24-26,31-32H,11-13,15-18H2,1-8H3/t20-,21+,24+,25-,26-,28+,29+,30-/m0/s1. The van der Waals surface area contributed by atoms with Crippen LogP contribution in [0, 0.1) is 39.4 Å². The van der Waals surface area contributed by atoms with Gasteiger partial charge >= 0.3 is 0 Å². The second kappa shape index (κ2) is 7.84. The van der Waals surface area contributed by atoms with Gasteiger partial charge in [-0.15, -0.1) is 0 Å². The number of rotatable bonds is 4. The van der Waals surface area contributed by atoms with Gasteiger partial charge in [0, 0.05) is 0 Å². The van der Waals surface area contributed by atoms with Crippen LogP contribution in [0.15, 0.2) is 34.9 Å². The van der Waals surface area contributed by atoms with Crippen LogP contribution in [0.25, 0.3) is 0 Å². The van der Waals surface area contributed by atoms with Crippen LogP contribution in [0.3, 0.4) is 0 Å². The molecular formula is C30H48O2. The first-order chi connectivity index (χ1) is 14.8. The van der Waals surface area contributed by atoms with Gasteiger partial charge in [0.05, 0.1) is 12.2 Å². The fourth-order valence-corrected chi connectivity index (χ4v) is 8.71. The first kappa shape index (κ1) is 24.3. The lowest BCUT2D eigenvalue weighted by molar-refractivity contribution is -0.0854. The van der Waals surface area contributed by atoms with Crippen molar-refractivity contribution in [1.82, 2.24) is 0 Å². The Morgan fingerprint density at radius 2 is 1.75 bits per heavy atom. The Kier molecular flexibility index (Phi) is 5.95. The van der Waals surface area contributed by atoms with Crippen molar-refractivity contribution in [2.45, 2.75) is 113 Å². The molecule has 32 heavy (non-hydrogen) atoms. The van der Waals surface area contributed by atoms with E-state index >= 15 is 0 Å². The summed E-state index contributed by atoms with van der Waals surface area (Å²) in [5, 5.41) is 21.8. The molecule has 4 aliphatic rings. The van der Waals surface area contributed by atoms with Gasteiger partial charge < -0.3 is 10.2 Å². The summed E-state index contributed by atoms with van der Waals surface area (Å²) in [7, 11) is 0. The zero-order valence-corrected chi connectivity index (χ0v) is 22.0. The van der Waals surface area contributed by atoms with Gasteiger partial charge in [0.15, 0.2) is 0 Å². The molecular weight excluding hydrogens is 392 g/mol. The molecule has 0 spiro atoms. The minimum absolute atomic E-state index is 0.0424. The number of allylic oxidation sites excluding steroid dienone is 5. The Morgan fingerprint density at radius 1 is 1.06 bits per heavy atom. The number of aliphatic hydroxyl groups is 2. The molecule has 0 bridgehead atoms. The van der Waals surface area contributed by atoms with Crippen LogP contribution in [0.4, 0.5) is 0 Å². The number of aliphatic hydroxyl groups excluding tert-OH is 2. The normalized spacial score (nSPS) is 44.4. The van der Waals surface area contributed by atoms with E-state index in [1.807, 2.05) is 0 Å². The predicted octanol–water partition coefficient (Wildman–Crippen LogP) is 7.23. The Hall–Kier alpha value is -0.860. The molecule has 0 heterocycles. The highest BCUT2D eigenvalue weighted by Crippen LogP contribution is 2.71. The Bertz CT molecular complexity index is 843. The van der Waals surface area contributed by atoms with Gasteiger partial charge in [0.1, 0.15) is 0 Å². The maximum Gasteiger partial charge on any atom is 0.0603 e. The average Bonchev–Trinajstić information content (AvgIpc) is 3.00. The summed E-state index contributed by atoms with van der Waals surface area (Å²) < 4.78 is 0. The first-order valence-corrected chi connectivity index (χ1v) is 13.2. The van der Waals surface area contributed by atoms with Gasteiger partial charge in [-0.05, 0) is 109 Å². The van der Waals surface area contributed by atoms with Crippen LogP contribution in [0.1, 0.15) is 100 Å². The van der Waals surface area contributed by atoms with E-state index in [1.54, 1.807) is 11.1 Å². The molecule has 0 amide bonds. The molecule has 4 rings (SSSR count). The average molecular weight is 441 g/mol. The van der Waals surface area contributed by atoms with Gasteiger partial charge in [-0.1, -0.05) is 65.3 Å². The highest BCUT2D eigenvalue weighted by Gasteiger charge is 2.63. The highest BCUT2D eigenvalue weighted by molar-refractivity contribution is 5.49. The molecule has 2 N–H and O–H groups in total. The van der Waals surface area contributed by atoms with E-state index in [1.165, 1.54) is 18.4 Å². The van der Waals surface area contributed by atoms with E-state index in [9.17, 15) is 10.2 Å². The van der Waals surface area contributed by atoms with Crippen molar-refractivity contribution in [2.75, 3.05) is 0 Å². The maximum atomic E-state index is 11.0. The van der Waals surface area contributed by atoms with Gasteiger partial charge in [-0.25, -0.2) is 0 Å². The second-order valence-electron chi connectivity index (χ2n) is 13.4. The summed E-state index contributed by atoms with van der Waals surface area (Å²) in [4.78, 5) is 0. The Labute approximate surface area is 197 Å². The molecule has 4 aliphatic carbocycles. The van der Waals surface area contributed by atoms with Crippen LogP contribution in [-0.2, 0) is 0 Å². The van der Waals surface area contributed by atoms with Crippen molar-refractivity contribution < 1.29 is 10.2 Å². The predicted molar refractivity (Wildman–Crippen MR) is 134 cm³/mol. The van der Waals surface area contributed by atoms with Crippen LogP contribution in [0.2, 0.25) is 0 Å². The SMILES string of the molecule is CC(C)=CC[C@@H](O)[C@@H](C)[C@H]1CC[C@@]2(C)C3=CC[C@H]4C(C)(C)[C@@H](O)CC[C@]4(C)C3=CC[C@]12C. The summed E-state index contributed by atoms with van der Waals surface area (Å²) in [5.74, 6) is 1.36. The Morgan fingerprint density at radius 3 is 2.41 bits per heavy atom. The third kappa shape index (κ3) is 3.26. The molecule has 2 nitrogen and oxygen atoms in total. The van der Waals surface area contributed by atoms with E-state index in [0.717, 1.165) is 32.1 Å². The zero-order chi connectivity index (χ0) is 23.7. The second-order valence-corrected chi connectivity index (χ2v) is 13.4. The maximum absolute atomic E-state index is 11.0. The molecule has 0 aromatic heterocycles. The molecule has 0 aliphatic heterocycles. The minimum Gasteiger partial charge on any atom is -0.393 e. The van der Waals surface area contributed by atoms with Crippen LogP contribution in [0.5, 0.6) is 0 Å². The molecule has 0 radical (unpaired) electrons. The first-order valence-electron chi connectivity index (χ1n) is 13.2. The summed E-state index contributed by atoms with van der Waals surface area (Å²) in [5.41, 5.74) is 5.02. The summed E-state index contributed by atoms with van der Waals surface area (Å²) in [6, 6.07) is 0. The molecule has 2 fully saturated rings. The third-order valence-corrected chi connectivity index (χ3v) is 11.3. The van der Waals surface area contributed by atoms with Crippen molar-refractivity contribution in [1.29, 1.82) is 0 Å². The van der Waals surface area contributed by atoms with E-state index < -0.39 is 0 Å². The van der Waals surface area contributed by atoms with Gasteiger partial charge in [0.25, 0.3) is 0 Å². The van der Waals surface area contributed by atoms with Crippen molar-refractivity contribution in [3.05, 3.63) is 34.9 Å². The molecule has 0 unspecified atom stereocenters. The summed E-state index contributed by atoms with van der Waals surface area (Å²) >= 11 is 0. The summed E-state index contributed by atoms with van der Waals surface area (Å²) in [6.45, 7) is 18.7. The fourth-order valence-electron chi connectivity index (χ4n) is 8.71. The molecule has 2 heteroatoms. The highest BCUT2D eigenvalue weighted by atomic mass is 16.3. The molecule has 180 valence electrons. The fraction of sp³-hybridized carbons (Fsp3) is 0.800. The van der Waals surface area contributed by atoms with Crippen LogP contribution in [-0.4, -0.2) is 22.4 Å². The monoisotopic (exact) mass is 440 g/mol. The van der Waals surface area contributed by atoms with E-state index in [2.05, 4.69) is 73.6 Å². The number of hydrogen-bond donors (Lipinski definition) is 2. The van der Waals surface area contributed by atoms with Crippen molar-refractivity contribution in [2.24, 2.45) is 39.4 Å². The van der Waals surface area contributed by atoms with Crippen molar-refractivity contribution in [3.8, 4) is 0 Å². The molecule has 0 aromatic carbocycles. The lowest BCUT2D eigenvalue weighted by Crippen LogP contribution is -2.54. The Balaban J connectivity index is 1.68. The van der Waals surface area contributed by atoms with Gasteiger partial charge in [-0.2, -0.15) is 0 Å².